The zero-order valence-electron chi connectivity index (χ0n) is 13.3. The van der Waals surface area contributed by atoms with Gasteiger partial charge in [-0.05, 0) is 29.8 Å². The highest BCUT2D eigenvalue weighted by Gasteiger charge is 2.17. The highest BCUT2D eigenvalue weighted by Crippen LogP contribution is 2.21. The quantitative estimate of drug-likeness (QED) is 0.596. The van der Waals surface area contributed by atoms with E-state index in [0.717, 1.165) is 0 Å². The Morgan fingerprint density at radius 3 is 2.20 bits per heavy atom. The van der Waals surface area contributed by atoms with Crippen LogP contribution in [-0.2, 0) is 4.79 Å². The van der Waals surface area contributed by atoms with Gasteiger partial charge in [0.1, 0.15) is 5.75 Å². The molecular formula is C17H15N2O6-. The van der Waals surface area contributed by atoms with Crippen molar-refractivity contribution in [1.82, 2.24) is 5.32 Å². The van der Waals surface area contributed by atoms with Gasteiger partial charge < -0.3 is 20.0 Å². The van der Waals surface area contributed by atoms with Crippen molar-refractivity contribution in [2.45, 2.75) is 12.5 Å². The first-order valence-corrected chi connectivity index (χ1v) is 7.30. The SMILES string of the molecule is COc1ccc([C@@H](CC(=O)[O-])NC(=O)c2ccc([N+](=O)[O-])cc2)cc1. The number of carbonyl (C=O) groups is 2. The molecule has 0 unspecified atom stereocenters. The Balaban J connectivity index is 2.18. The molecule has 0 saturated carbocycles. The topological polar surface area (TPSA) is 122 Å². The van der Waals surface area contributed by atoms with Crippen LogP contribution in [0.15, 0.2) is 48.5 Å². The van der Waals surface area contributed by atoms with Gasteiger partial charge in [-0.3, -0.25) is 14.9 Å². The molecule has 0 radical (unpaired) electrons. The van der Waals surface area contributed by atoms with Crippen molar-refractivity contribution in [3.05, 3.63) is 69.8 Å². The Kier molecular flexibility index (Phi) is 5.67. The lowest BCUT2D eigenvalue weighted by Crippen LogP contribution is -2.34. The number of carboxylic acids is 1. The minimum Gasteiger partial charge on any atom is -0.550 e. The number of carbonyl (C=O) groups excluding carboxylic acids is 2. The summed E-state index contributed by atoms with van der Waals surface area (Å²) in [4.78, 5) is 33.3. The van der Waals surface area contributed by atoms with Crippen LogP contribution >= 0.6 is 0 Å². The van der Waals surface area contributed by atoms with E-state index in [1.54, 1.807) is 24.3 Å². The summed E-state index contributed by atoms with van der Waals surface area (Å²) < 4.78 is 5.04. The van der Waals surface area contributed by atoms with Gasteiger partial charge >= 0.3 is 0 Å². The lowest BCUT2D eigenvalue weighted by molar-refractivity contribution is -0.384. The first-order valence-electron chi connectivity index (χ1n) is 7.30. The first-order chi connectivity index (χ1) is 11.9. The molecule has 0 spiro atoms. The number of hydrogen-bond donors (Lipinski definition) is 1. The molecule has 2 aromatic carbocycles. The van der Waals surface area contributed by atoms with Crippen molar-refractivity contribution < 1.29 is 24.4 Å². The van der Waals surface area contributed by atoms with E-state index in [4.69, 9.17) is 4.74 Å². The third-order valence-electron chi connectivity index (χ3n) is 3.53. The Morgan fingerprint density at radius 1 is 1.12 bits per heavy atom. The van der Waals surface area contributed by atoms with E-state index >= 15 is 0 Å². The van der Waals surface area contributed by atoms with Crippen molar-refractivity contribution in [2.24, 2.45) is 0 Å². The summed E-state index contributed by atoms with van der Waals surface area (Å²) in [6.07, 6.45) is -0.412. The van der Waals surface area contributed by atoms with Gasteiger partial charge in [0.25, 0.3) is 11.6 Å². The number of nitrogens with zero attached hydrogens (tertiary/aromatic N) is 1. The number of aliphatic carboxylic acids is 1. The first kappa shape index (κ1) is 17.9. The number of hydrogen-bond acceptors (Lipinski definition) is 6. The zero-order chi connectivity index (χ0) is 18.4. The molecule has 130 valence electrons. The largest absolute Gasteiger partial charge is 0.550 e. The van der Waals surface area contributed by atoms with E-state index in [2.05, 4.69) is 5.32 Å². The second kappa shape index (κ2) is 7.91. The Hall–Kier alpha value is -3.42. The van der Waals surface area contributed by atoms with Crippen LogP contribution in [0.3, 0.4) is 0 Å². The molecule has 0 saturated heterocycles. The Morgan fingerprint density at radius 2 is 1.72 bits per heavy atom. The molecule has 8 nitrogen and oxygen atoms in total. The highest BCUT2D eigenvalue weighted by atomic mass is 16.6. The molecule has 1 N–H and O–H groups in total. The number of amides is 1. The number of rotatable bonds is 7. The van der Waals surface area contributed by atoms with E-state index in [1.807, 2.05) is 0 Å². The normalized spacial score (nSPS) is 11.4. The molecule has 0 fully saturated rings. The van der Waals surface area contributed by atoms with Gasteiger partial charge in [0, 0.05) is 30.1 Å². The lowest BCUT2D eigenvalue weighted by Gasteiger charge is -2.20. The van der Waals surface area contributed by atoms with Crippen LogP contribution in [-0.4, -0.2) is 23.9 Å². The molecule has 0 aliphatic carbocycles. The van der Waals surface area contributed by atoms with Crippen molar-refractivity contribution in [2.75, 3.05) is 7.11 Å². The monoisotopic (exact) mass is 343 g/mol. The maximum absolute atomic E-state index is 12.3. The Labute approximate surface area is 143 Å². The van der Waals surface area contributed by atoms with Gasteiger partial charge in [0.05, 0.1) is 18.1 Å². The lowest BCUT2D eigenvalue weighted by atomic mass is 10.0. The number of carboxylic acid groups (broad SMARTS) is 1. The summed E-state index contributed by atoms with van der Waals surface area (Å²) in [5.41, 5.74) is 0.612. The highest BCUT2D eigenvalue weighted by molar-refractivity contribution is 5.94. The number of benzene rings is 2. The zero-order valence-corrected chi connectivity index (χ0v) is 13.3. The number of methoxy groups -OCH3 is 1. The fourth-order valence-electron chi connectivity index (χ4n) is 2.23. The number of nitro benzene ring substituents is 1. The van der Waals surface area contributed by atoms with Gasteiger partial charge in [-0.15, -0.1) is 0 Å². The summed E-state index contributed by atoms with van der Waals surface area (Å²) in [5.74, 6) is -1.26. The second-order valence-electron chi connectivity index (χ2n) is 5.18. The van der Waals surface area contributed by atoms with Crippen LogP contribution in [0.1, 0.15) is 28.4 Å². The summed E-state index contributed by atoms with van der Waals surface area (Å²) in [6.45, 7) is 0. The fraction of sp³-hybridized carbons (Fsp3) is 0.176. The van der Waals surface area contributed by atoms with Gasteiger partial charge in [0.15, 0.2) is 0 Å². The molecule has 8 heteroatoms. The standard InChI is InChI=1S/C17H16N2O6/c1-25-14-8-4-11(5-9-14)15(10-16(20)21)18-17(22)12-2-6-13(7-3-12)19(23)24/h2-9,15H,10H2,1H3,(H,18,22)(H,20,21)/p-1/t15-/m1/s1. The summed E-state index contributed by atoms with van der Waals surface area (Å²) >= 11 is 0. The second-order valence-corrected chi connectivity index (χ2v) is 5.18. The van der Waals surface area contributed by atoms with Crippen LogP contribution in [0.2, 0.25) is 0 Å². The maximum atomic E-state index is 12.3. The summed E-state index contributed by atoms with van der Waals surface area (Å²) in [6, 6.07) is 10.8. The van der Waals surface area contributed by atoms with Crippen LogP contribution in [0.4, 0.5) is 5.69 Å². The number of nitro groups is 1. The third kappa shape index (κ3) is 4.77. The van der Waals surface area contributed by atoms with Crippen LogP contribution in [0.25, 0.3) is 0 Å². The van der Waals surface area contributed by atoms with Crippen molar-refractivity contribution in [3.8, 4) is 5.75 Å². The minimum atomic E-state index is -1.31. The minimum absolute atomic E-state index is 0.141. The molecule has 0 bridgehead atoms. The van der Waals surface area contributed by atoms with Gasteiger partial charge in [-0.25, -0.2) is 0 Å². The van der Waals surface area contributed by atoms with E-state index in [1.165, 1.54) is 31.4 Å². The molecule has 1 atom stereocenters. The van der Waals surface area contributed by atoms with Crippen molar-refractivity contribution >= 4 is 17.6 Å². The molecule has 0 aromatic heterocycles. The van der Waals surface area contributed by atoms with Crippen LogP contribution in [0.5, 0.6) is 5.75 Å². The molecule has 2 aromatic rings. The van der Waals surface area contributed by atoms with E-state index in [9.17, 15) is 24.8 Å². The maximum Gasteiger partial charge on any atom is 0.269 e. The van der Waals surface area contributed by atoms with E-state index in [0.29, 0.717) is 11.3 Å². The smallest absolute Gasteiger partial charge is 0.269 e. The fourth-order valence-corrected chi connectivity index (χ4v) is 2.23. The van der Waals surface area contributed by atoms with Gasteiger partial charge in [-0.2, -0.15) is 0 Å². The average Bonchev–Trinajstić information content (AvgIpc) is 2.61. The Bertz CT molecular complexity index is 771. The van der Waals surface area contributed by atoms with Crippen molar-refractivity contribution in [1.29, 1.82) is 0 Å². The molecular weight excluding hydrogens is 328 g/mol. The number of non-ortho nitro benzene ring substituents is 1. The predicted octanol–water partition coefficient (Wildman–Crippen LogP) is 1.21. The van der Waals surface area contributed by atoms with E-state index in [-0.39, 0.29) is 11.3 Å². The molecule has 0 aliphatic heterocycles. The van der Waals surface area contributed by atoms with Crippen LogP contribution < -0.4 is 15.2 Å². The summed E-state index contributed by atoms with van der Waals surface area (Å²) in [5, 5.41) is 24.2. The summed E-state index contributed by atoms with van der Waals surface area (Å²) in [7, 11) is 1.50. The van der Waals surface area contributed by atoms with Crippen molar-refractivity contribution in [3.63, 3.8) is 0 Å². The van der Waals surface area contributed by atoms with Crippen LogP contribution in [0, 0.1) is 10.1 Å². The number of nitrogens with one attached hydrogen (secondary N) is 1. The molecule has 25 heavy (non-hydrogen) atoms. The molecule has 0 aliphatic rings. The van der Waals surface area contributed by atoms with Gasteiger partial charge in [-0.1, -0.05) is 12.1 Å². The average molecular weight is 343 g/mol. The molecule has 1 amide bonds. The predicted molar refractivity (Wildman–Crippen MR) is 85.9 cm³/mol. The third-order valence-corrected chi connectivity index (χ3v) is 3.53. The molecule has 0 heterocycles. The number of ether oxygens (including phenoxy) is 1. The van der Waals surface area contributed by atoms with E-state index < -0.39 is 29.3 Å². The van der Waals surface area contributed by atoms with Gasteiger partial charge in [0.2, 0.25) is 0 Å². The molecule has 2 rings (SSSR count).